The van der Waals surface area contributed by atoms with Crippen LogP contribution in [0.2, 0.25) is 0 Å². The molecule has 1 aliphatic carbocycles. The number of thiophene rings is 1. The minimum Gasteiger partial charge on any atom is -0.309 e. The molecule has 4 nitrogen and oxygen atoms in total. The van der Waals surface area contributed by atoms with Gasteiger partial charge in [0.1, 0.15) is 0 Å². The lowest BCUT2D eigenvalue weighted by molar-refractivity contribution is 0.153. The van der Waals surface area contributed by atoms with Crippen LogP contribution in [0.3, 0.4) is 0 Å². The normalized spacial score (nSPS) is 16.4. The molecule has 0 atom stereocenters. The minimum absolute atomic E-state index is 0.0984. The summed E-state index contributed by atoms with van der Waals surface area (Å²) in [6.45, 7) is -0.388. The van der Waals surface area contributed by atoms with Gasteiger partial charge in [0.25, 0.3) is 6.43 Å². The van der Waals surface area contributed by atoms with Crippen molar-refractivity contribution in [2.45, 2.75) is 36.7 Å². The summed E-state index contributed by atoms with van der Waals surface area (Å²) in [4.78, 5) is 0.755. The molecule has 1 aliphatic rings. The Morgan fingerprint density at radius 3 is 2.78 bits per heavy atom. The quantitative estimate of drug-likeness (QED) is 0.802. The molecule has 1 fully saturated rings. The summed E-state index contributed by atoms with van der Waals surface area (Å²) in [7, 11) is -3.83. The van der Waals surface area contributed by atoms with Crippen molar-refractivity contribution in [1.82, 2.24) is 10.0 Å². The molecule has 0 saturated heterocycles. The molecule has 0 spiro atoms. The van der Waals surface area contributed by atoms with E-state index in [-0.39, 0.29) is 4.90 Å². The Labute approximate surface area is 108 Å². The van der Waals surface area contributed by atoms with Crippen molar-refractivity contribution in [3.63, 3.8) is 0 Å². The first-order chi connectivity index (χ1) is 8.49. The van der Waals surface area contributed by atoms with E-state index in [1.54, 1.807) is 5.38 Å². The zero-order valence-electron chi connectivity index (χ0n) is 9.53. The second kappa shape index (κ2) is 5.60. The number of halogens is 2. The van der Waals surface area contributed by atoms with E-state index in [0.29, 0.717) is 17.5 Å². The highest BCUT2D eigenvalue weighted by molar-refractivity contribution is 7.89. The summed E-state index contributed by atoms with van der Waals surface area (Å²) >= 11 is 1.31. The van der Waals surface area contributed by atoms with Crippen molar-refractivity contribution in [1.29, 1.82) is 0 Å². The molecular formula is C10H14F2N2O2S2. The van der Waals surface area contributed by atoms with Gasteiger partial charge in [-0.15, -0.1) is 11.3 Å². The van der Waals surface area contributed by atoms with Gasteiger partial charge in [-0.05, 0) is 24.3 Å². The molecule has 1 heterocycles. The highest BCUT2D eigenvalue weighted by Gasteiger charge is 2.24. The van der Waals surface area contributed by atoms with Crippen LogP contribution in [-0.2, 0) is 16.6 Å². The average Bonchev–Trinajstić information content (AvgIpc) is 3.00. The lowest BCUT2D eigenvalue weighted by Gasteiger charge is -2.07. The van der Waals surface area contributed by atoms with Crippen molar-refractivity contribution in [2.75, 3.05) is 6.54 Å². The van der Waals surface area contributed by atoms with Gasteiger partial charge in [0.15, 0.2) is 0 Å². The van der Waals surface area contributed by atoms with Gasteiger partial charge in [-0.1, -0.05) is 0 Å². The minimum atomic E-state index is -3.83. The molecule has 1 aromatic rings. The molecule has 1 saturated carbocycles. The molecule has 0 radical (unpaired) electrons. The topological polar surface area (TPSA) is 58.2 Å². The summed E-state index contributed by atoms with van der Waals surface area (Å²) in [6.07, 6.45) is -0.472. The fourth-order valence-electron chi connectivity index (χ4n) is 1.47. The van der Waals surface area contributed by atoms with Crippen molar-refractivity contribution in [3.05, 3.63) is 16.3 Å². The van der Waals surface area contributed by atoms with Crippen LogP contribution < -0.4 is 10.0 Å². The van der Waals surface area contributed by atoms with Crippen LogP contribution in [-0.4, -0.2) is 27.4 Å². The smallest absolute Gasteiger partial charge is 0.251 e. The summed E-state index contributed by atoms with van der Waals surface area (Å²) < 4.78 is 49.6. The van der Waals surface area contributed by atoms with E-state index >= 15 is 0 Å². The lowest BCUT2D eigenvalue weighted by atomic mass is 10.4. The van der Waals surface area contributed by atoms with E-state index < -0.39 is 23.0 Å². The van der Waals surface area contributed by atoms with Crippen LogP contribution in [0.4, 0.5) is 8.78 Å². The van der Waals surface area contributed by atoms with E-state index in [0.717, 1.165) is 12.8 Å². The molecule has 8 heteroatoms. The zero-order chi connectivity index (χ0) is 13.2. The standard InChI is InChI=1S/C10H14F2N2O2S2/c11-10(12)6-14-18(15,16)9-3-4-17-8(9)5-13-7-1-2-7/h3-4,7,10,13-14H,1-2,5-6H2. The molecule has 0 unspecified atom stereocenters. The van der Waals surface area contributed by atoms with Crippen molar-refractivity contribution in [2.24, 2.45) is 0 Å². The van der Waals surface area contributed by atoms with Crippen molar-refractivity contribution < 1.29 is 17.2 Å². The molecule has 0 aromatic carbocycles. The Kier molecular flexibility index (Phi) is 4.31. The maximum absolute atomic E-state index is 12.0. The number of rotatable bonds is 7. The van der Waals surface area contributed by atoms with Crippen LogP contribution in [0.25, 0.3) is 0 Å². The third-order valence-electron chi connectivity index (χ3n) is 2.55. The summed E-state index contributed by atoms with van der Waals surface area (Å²) in [5.74, 6) is 0. The van der Waals surface area contributed by atoms with Gasteiger partial charge in [0.05, 0.1) is 11.4 Å². The maximum Gasteiger partial charge on any atom is 0.251 e. The average molecular weight is 296 g/mol. The number of alkyl halides is 2. The second-order valence-electron chi connectivity index (χ2n) is 4.11. The zero-order valence-corrected chi connectivity index (χ0v) is 11.2. The van der Waals surface area contributed by atoms with E-state index in [2.05, 4.69) is 5.32 Å². The van der Waals surface area contributed by atoms with Crippen LogP contribution in [0.5, 0.6) is 0 Å². The highest BCUT2D eigenvalue weighted by atomic mass is 32.2. The lowest BCUT2D eigenvalue weighted by Crippen LogP contribution is -2.29. The van der Waals surface area contributed by atoms with E-state index in [9.17, 15) is 17.2 Å². The summed E-state index contributed by atoms with van der Waals surface area (Å²) in [5, 5.41) is 4.86. The largest absolute Gasteiger partial charge is 0.309 e. The number of sulfonamides is 1. The number of hydrogen-bond acceptors (Lipinski definition) is 4. The molecule has 0 aliphatic heterocycles. The monoisotopic (exact) mass is 296 g/mol. The number of nitrogens with one attached hydrogen (secondary N) is 2. The predicted molar refractivity (Wildman–Crippen MR) is 65.4 cm³/mol. The Morgan fingerprint density at radius 2 is 2.17 bits per heavy atom. The van der Waals surface area contributed by atoms with Crippen LogP contribution >= 0.6 is 11.3 Å². The third kappa shape index (κ3) is 3.71. The van der Waals surface area contributed by atoms with E-state index in [1.165, 1.54) is 17.4 Å². The molecule has 2 N–H and O–H groups in total. The van der Waals surface area contributed by atoms with Gasteiger partial charge >= 0.3 is 0 Å². The van der Waals surface area contributed by atoms with Crippen LogP contribution in [0.15, 0.2) is 16.3 Å². The fourth-order valence-corrected chi connectivity index (χ4v) is 3.87. The van der Waals surface area contributed by atoms with Gasteiger partial charge in [-0.25, -0.2) is 21.9 Å². The van der Waals surface area contributed by atoms with Gasteiger partial charge in [0.2, 0.25) is 10.0 Å². The third-order valence-corrected chi connectivity index (χ3v) is 5.11. The molecule has 2 rings (SSSR count). The molecular weight excluding hydrogens is 282 g/mol. The fraction of sp³-hybridized carbons (Fsp3) is 0.600. The van der Waals surface area contributed by atoms with Gasteiger partial charge < -0.3 is 5.32 Å². The first-order valence-electron chi connectivity index (χ1n) is 5.56. The molecule has 1 aromatic heterocycles. The molecule has 0 bridgehead atoms. The van der Waals surface area contributed by atoms with Crippen molar-refractivity contribution >= 4 is 21.4 Å². The van der Waals surface area contributed by atoms with Gasteiger partial charge in [0, 0.05) is 17.5 Å². The van der Waals surface area contributed by atoms with E-state index in [4.69, 9.17) is 0 Å². The predicted octanol–water partition coefficient (Wildman–Crippen LogP) is 1.54. The Balaban J connectivity index is 2.03. The van der Waals surface area contributed by atoms with E-state index in [1.807, 2.05) is 4.72 Å². The first-order valence-corrected chi connectivity index (χ1v) is 7.93. The van der Waals surface area contributed by atoms with Gasteiger partial charge in [-0.3, -0.25) is 0 Å². The Morgan fingerprint density at radius 1 is 1.44 bits per heavy atom. The molecule has 18 heavy (non-hydrogen) atoms. The molecule has 0 amide bonds. The number of hydrogen-bond donors (Lipinski definition) is 2. The maximum atomic E-state index is 12.0. The second-order valence-corrected chi connectivity index (χ2v) is 6.84. The van der Waals surface area contributed by atoms with Crippen LogP contribution in [0, 0.1) is 0 Å². The summed E-state index contributed by atoms with van der Waals surface area (Å²) in [5.41, 5.74) is 0. The Bertz CT molecular complexity index is 498. The molecule has 102 valence electrons. The van der Waals surface area contributed by atoms with Crippen LogP contribution in [0.1, 0.15) is 17.7 Å². The Hall–Kier alpha value is -0.570. The summed E-state index contributed by atoms with van der Waals surface area (Å²) in [6, 6.07) is 1.92. The van der Waals surface area contributed by atoms with Gasteiger partial charge in [-0.2, -0.15) is 0 Å². The SMILES string of the molecule is O=S(=O)(NCC(F)F)c1ccsc1CNC1CC1. The first kappa shape index (κ1) is 13.9. The highest BCUT2D eigenvalue weighted by Crippen LogP contribution is 2.24. The van der Waals surface area contributed by atoms with Crippen molar-refractivity contribution in [3.8, 4) is 0 Å².